The van der Waals surface area contributed by atoms with Gasteiger partial charge in [0, 0.05) is 5.02 Å². The molecule has 2 N–H and O–H groups in total. The molecule has 90 valence electrons. The van der Waals surface area contributed by atoms with E-state index in [0.717, 1.165) is 16.3 Å². The van der Waals surface area contributed by atoms with Gasteiger partial charge in [0.05, 0.1) is 12.2 Å². The molecule has 0 fully saturated rings. The van der Waals surface area contributed by atoms with Crippen LogP contribution < -0.4 is 10.9 Å². The molecular formula is C13H14Cl2N2. The zero-order valence-corrected chi connectivity index (χ0v) is 10.8. The van der Waals surface area contributed by atoms with Gasteiger partial charge in [-0.05, 0) is 29.8 Å². The summed E-state index contributed by atoms with van der Waals surface area (Å²) in [6.07, 6.45) is 0. The lowest BCUT2D eigenvalue weighted by molar-refractivity contribution is 0.853. The molecule has 0 saturated carbocycles. The molecule has 0 bridgehead atoms. The van der Waals surface area contributed by atoms with Crippen molar-refractivity contribution in [2.45, 2.75) is 6.54 Å². The molecule has 17 heavy (non-hydrogen) atoms. The minimum Gasteiger partial charge on any atom is -0.307 e. The Bertz CT molecular complexity index is 443. The Kier molecular flexibility index (Phi) is 5.29. The van der Waals surface area contributed by atoms with E-state index in [9.17, 15) is 0 Å². The molecule has 0 heterocycles. The van der Waals surface area contributed by atoms with Crippen LogP contribution in [0.1, 0.15) is 5.56 Å². The standard InChI is InChI=1S/C13H13ClN2.ClH/c14-12-8-6-11(7-9-12)10-16(15)13-4-2-1-3-5-13;/h1-9H,10,15H2;1H. The summed E-state index contributed by atoms with van der Waals surface area (Å²) >= 11 is 5.82. The Morgan fingerprint density at radius 1 is 0.941 bits per heavy atom. The number of nitrogens with two attached hydrogens (primary N) is 1. The minimum atomic E-state index is 0. The fraction of sp³-hybridized carbons (Fsp3) is 0.0769. The molecule has 0 aliphatic heterocycles. The van der Waals surface area contributed by atoms with E-state index in [4.69, 9.17) is 17.4 Å². The molecule has 0 aliphatic carbocycles. The summed E-state index contributed by atoms with van der Waals surface area (Å²) in [5.41, 5.74) is 2.13. The van der Waals surface area contributed by atoms with Gasteiger partial charge in [-0.25, -0.2) is 5.84 Å². The Morgan fingerprint density at radius 2 is 1.53 bits per heavy atom. The van der Waals surface area contributed by atoms with Crippen LogP contribution in [0.25, 0.3) is 0 Å². The number of anilines is 1. The lowest BCUT2D eigenvalue weighted by Crippen LogP contribution is -2.29. The van der Waals surface area contributed by atoms with E-state index < -0.39 is 0 Å². The first-order valence-electron chi connectivity index (χ1n) is 5.07. The highest BCUT2D eigenvalue weighted by atomic mass is 35.5. The molecule has 0 amide bonds. The normalized spacial score (nSPS) is 9.53. The minimum absolute atomic E-state index is 0. The number of rotatable bonds is 3. The van der Waals surface area contributed by atoms with Crippen LogP contribution >= 0.6 is 24.0 Å². The van der Waals surface area contributed by atoms with Gasteiger partial charge in [0.1, 0.15) is 0 Å². The summed E-state index contributed by atoms with van der Waals surface area (Å²) in [6.45, 7) is 0.668. The number of para-hydroxylation sites is 1. The lowest BCUT2D eigenvalue weighted by Gasteiger charge is -2.18. The zero-order chi connectivity index (χ0) is 11.4. The molecule has 0 aromatic heterocycles. The highest BCUT2D eigenvalue weighted by Gasteiger charge is 2.01. The van der Waals surface area contributed by atoms with Gasteiger partial charge < -0.3 is 5.01 Å². The maximum absolute atomic E-state index is 5.97. The second-order valence-electron chi connectivity index (χ2n) is 3.59. The molecule has 2 aromatic carbocycles. The van der Waals surface area contributed by atoms with Crippen LogP contribution in [-0.2, 0) is 6.54 Å². The first kappa shape index (κ1) is 13.8. The van der Waals surface area contributed by atoms with Crippen molar-refractivity contribution in [3.05, 3.63) is 65.2 Å². The Hall–Kier alpha value is -1.22. The Morgan fingerprint density at radius 3 is 2.12 bits per heavy atom. The molecule has 0 radical (unpaired) electrons. The van der Waals surface area contributed by atoms with Gasteiger partial charge in [-0.1, -0.05) is 41.9 Å². The number of nitrogens with zero attached hydrogens (tertiary/aromatic N) is 1. The lowest BCUT2D eigenvalue weighted by atomic mass is 10.2. The predicted octanol–water partition coefficient (Wildman–Crippen LogP) is 3.64. The van der Waals surface area contributed by atoms with Crippen LogP contribution in [0, 0.1) is 0 Å². The zero-order valence-electron chi connectivity index (χ0n) is 9.21. The number of halogens is 2. The molecule has 2 aromatic rings. The van der Waals surface area contributed by atoms with Crippen molar-refractivity contribution in [2.75, 3.05) is 5.01 Å². The number of benzene rings is 2. The molecule has 4 heteroatoms. The second-order valence-corrected chi connectivity index (χ2v) is 4.03. The number of hydrazine groups is 1. The van der Waals surface area contributed by atoms with Crippen molar-refractivity contribution < 1.29 is 0 Å². The maximum atomic E-state index is 5.97. The van der Waals surface area contributed by atoms with Crippen molar-refractivity contribution in [2.24, 2.45) is 5.84 Å². The van der Waals surface area contributed by atoms with Gasteiger partial charge in [0.25, 0.3) is 0 Å². The average molecular weight is 269 g/mol. The Labute approximate surface area is 112 Å². The van der Waals surface area contributed by atoms with Crippen molar-refractivity contribution in [3.63, 3.8) is 0 Å². The van der Waals surface area contributed by atoms with Crippen molar-refractivity contribution >= 4 is 29.7 Å². The first-order valence-corrected chi connectivity index (χ1v) is 5.45. The third-order valence-corrected chi connectivity index (χ3v) is 2.61. The van der Waals surface area contributed by atoms with E-state index in [-0.39, 0.29) is 12.4 Å². The molecule has 2 rings (SSSR count). The SMILES string of the molecule is Cl.NN(Cc1ccc(Cl)cc1)c1ccccc1. The smallest absolute Gasteiger partial charge is 0.0592 e. The van der Waals surface area contributed by atoms with Crippen LogP contribution in [-0.4, -0.2) is 0 Å². The van der Waals surface area contributed by atoms with Crippen LogP contribution in [0.3, 0.4) is 0 Å². The van der Waals surface area contributed by atoms with E-state index in [0.29, 0.717) is 6.54 Å². The third kappa shape index (κ3) is 3.93. The average Bonchev–Trinajstić information content (AvgIpc) is 2.33. The van der Waals surface area contributed by atoms with Gasteiger partial charge in [-0.2, -0.15) is 0 Å². The monoisotopic (exact) mass is 268 g/mol. The predicted molar refractivity (Wildman–Crippen MR) is 75.5 cm³/mol. The van der Waals surface area contributed by atoms with Crippen LogP contribution in [0.5, 0.6) is 0 Å². The molecule has 0 saturated heterocycles. The highest BCUT2D eigenvalue weighted by molar-refractivity contribution is 6.30. The van der Waals surface area contributed by atoms with Gasteiger partial charge >= 0.3 is 0 Å². The van der Waals surface area contributed by atoms with E-state index in [1.165, 1.54) is 0 Å². The van der Waals surface area contributed by atoms with Crippen LogP contribution in [0.2, 0.25) is 5.02 Å². The van der Waals surface area contributed by atoms with Crippen LogP contribution in [0.4, 0.5) is 5.69 Å². The molecule has 0 aliphatic rings. The fourth-order valence-electron chi connectivity index (χ4n) is 1.50. The van der Waals surface area contributed by atoms with Gasteiger partial charge in [0.15, 0.2) is 0 Å². The highest BCUT2D eigenvalue weighted by Crippen LogP contribution is 2.14. The van der Waals surface area contributed by atoms with Gasteiger partial charge in [0.2, 0.25) is 0 Å². The summed E-state index contributed by atoms with van der Waals surface area (Å²) in [7, 11) is 0. The molecule has 0 spiro atoms. The molecule has 0 unspecified atom stereocenters. The third-order valence-electron chi connectivity index (χ3n) is 2.35. The quantitative estimate of drug-likeness (QED) is 0.680. The van der Waals surface area contributed by atoms with Gasteiger partial charge in [-0.3, -0.25) is 0 Å². The molecule has 0 atom stereocenters. The van der Waals surface area contributed by atoms with Gasteiger partial charge in [-0.15, -0.1) is 12.4 Å². The summed E-state index contributed by atoms with van der Waals surface area (Å²) in [5, 5.41) is 2.45. The topological polar surface area (TPSA) is 29.3 Å². The molecule has 2 nitrogen and oxygen atoms in total. The summed E-state index contributed by atoms with van der Waals surface area (Å²) in [4.78, 5) is 0. The number of hydrogen-bond acceptors (Lipinski definition) is 2. The number of hydrogen-bond donors (Lipinski definition) is 1. The summed E-state index contributed by atoms with van der Waals surface area (Å²) in [5.74, 6) is 5.97. The van der Waals surface area contributed by atoms with Crippen molar-refractivity contribution in [3.8, 4) is 0 Å². The van der Waals surface area contributed by atoms with E-state index in [1.54, 1.807) is 5.01 Å². The van der Waals surface area contributed by atoms with E-state index in [2.05, 4.69) is 0 Å². The summed E-state index contributed by atoms with van der Waals surface area (Å²) in [6, 6.07) is 17.6. The second kappa shape index (κ2) is 6.50. The van der Waals surface area contributed by atoms with Crippen molar-refractivity contribution in [1.29, 1.82) is 0 Å². The Balaban J connectivity index is 0.00000144. The van der Waals surface area contributed by atoms with Crippen LogP contribution in [0.15, 0.2) is 54.6 Å². The van der Waals surface area contributed by atoms with E-state index >= 15 is 0 Å². The largest absolute Gasteiger partial charge is 0.307 e. The fourth-order valence-corrected chi connectivity index (χ4v) is 1.62. The van der Waals surface area contributed by atoms with E-state index in [1.807, 2.05) is 54.6 Å². The van der Waals surface area contributed by atoms with Crippen molar-refractivity contribution in [1.82, 2.24) is 0 Å². The first-order chi connectivity index (χ1) is 7.75. The molecular weight excluding hydrogens is 255 g/mol. The maximum Gasteiger partial charge on any atom is 0.0592 e. The summed E-state index contributed by atoms with van der Waals surface area (Å²) < 4.78 is 0.